The molecule has 0 aliphatic heterocycles. The van der Waals surface area contributed by atoms with Crippen LogP contribution in [0, 0.1) is 16.4 Å². The van der Waals surface area contributed by atoms with E-state index in [0.29, 0.717) is 5.65 Å². The molecule has 2 aromatic heterocycles. The minimum atomic E-state index is -0.246. The monoisotopic (exact) mass is 276 g/mol. The van der Waals surface area contributed by atoms with E-state index in [1.807, 2.05) is 11.3 Å². The molecule has 2 heterocycles. The van der Waals surface area contributed by atoms with Crippen molar-refractivity contribution in [1.29, 1.82) is 0 Å². The second kappa shape index (κ2) is 2.69. The number of aryl methyl sites for hydroxylation is 1. The molecule has 0 saturated carbocycles. The maximum absolute atomic E-state index is 12.7. The van der Waals surface area contributed by atoms with Crippen LogP contribution in [0.5, 0.6) is 0 Å². The smallest absolute Gasteiger partial charge is 0.140 e. The lowest BCUT2D eigenvalue weighted by atomic mass is 10.4. The molecule has 62 valence electrons. The number of pyridine rings is 1. The first-order valence-electron chi connectivity index (χ1n) is 3.48. The third-order valence-electron chi connectivity index (χ3n) is 1.69. The lowest BCUT2D eigenvalue weighted by Gasteiger charge is -1.93. The summed E-state index contributed by atoms with van der Waals surface area (Å²) in [5, 5.41) is 0. The predicted molar refractivity (Wildman–Crippen MR) is 52.6 cm³/mol. The average Bonchev–Trinajstić information content (AvgIpc) is 2.28. The molecule has 0 atom stereocenters. The van der Waals surface area contributed by atoms with E-state index in [2.05, 4.69) is 27.6 Å². The van der Waals surface area contributed by atoms with Gasteiger partial charge in [0, 0.05) is 12.3 Å². The lowest BCUT2D eigenvalue weighted by molar-refractivity contribution is 0.626. The molecule has 0 bridgehead atoms. The SMILES string of the molecule is Cc1nc2cc(F)ccn2c1I. The molecule has 0 unspecified atom stereocenters. The van der Waals surface area contributed by atoms with E-state index in [4.69, 9.17) is 0 Å². The second-order valence-electron chi connectivity index (χ2n) is 2.56. The maximum atomic E-state index is 12.7. The number of nitrogens with zero attached hydrogens (tertiary/aromatic N) is 2. The second-order valence-corrected chi connectivity index (χ2v) is 3.58. The molecule has 0 spiro atoms. The lowest BCUT2D eigenvalue weighted by Crippen LogP contribution is -1.87. The highest BCUT2D eigenvalue weighted by molar-refractivity contribution is 14.1. The number of halogens is 2. The van der Waals surface area contributed by atoms with Crippen LogP contribution in [-0.4, -0.2) is 9.38 Å². The first kappa shape index (κ1) is 7.97. The van der Waals surface area contributed by atoms with Crippen molar-refractivity contribution in [1.82, 2.24) is 9.38 Å². The van der Waals surface area contributed by atoms with Gasteiger partial charge in [-0.1, -0.05) is 0 Å². The van der Waals surface area contributed by atoms with Gasteiger partial charge in [0.15, 0.2) is 0 Å². The Kier molecular flexibility index (Phi) is 1.79. The summed E-state index contributed by atoms with van der Waals surface area (Å²) in [7, 11) is 0. The van der Waals surface area contributed by atoms with Gasteiger partial charge in [0.25, 0.3) is 0 Å². The van der Waals surface area contributed by atoms with Crippen molar-refractivity contribution in [3.63, 3.8) is 0 Å². The summed E-state index contributed by atoms with van der Waals surface area (Å²) in [6, 6.07) is 2.85. The van der Waals surface area contributed by atoms with Crippen molar-refractivity contribution in [3.8, 4) is 0 Å². The molecule has 0 amide bonds. The van der Waals surface area contributed by atoms with E-state index < -0.39 is 0 Å². The van der Waals surface area contributed by atoms with E-state index in [1.54, 1.807) is 6.20 Å². The average molecular weight is 276 g/mol. The fourth-order valence-corrected chi connectivity index (χ4v) is 1.64. The molecule has 0 N–H and O–H groups in total. The van der Waals surface area contributed by atoms with Crippen molar-refractivity contribution in [3.05, 3.63) is 33.5 Å². The Balaban J connectivity index is 2.87. The number of fused-ring (bicyclic) bond motifs is 1. The van der Waals surface area contributed by atoms with Gasteiger partial charge < -0.3 is 0 Å². The molecule has 0 saturated heterocycles. The highest BCUT2D eigenvalue weighted by atomic mass is 127. The van der Waals surface area contributed by atoms with Gasteiger partial charge in [-0.2, -0.15) is 0 Å². The maximum Gasteiger partial charge on any atom is 0.140 e. The molecular formula is C8H6FIN2. The summed E-state index contributed by atoms with van der Waals surface area (Å²) in [5.41, 5.74) is 1.60. The summed E-state index contributed by atoms with van der Waals surface area (Å²) in [4.78, 5) is 4.19. The van der Waals surface area contributed by atoms with Gasteiger partial charge in [-0.15, -0.1) is 0 Å². The third kappa shape index (κ3) is 1.10. The van der Waals surface area contributed by atoms with E-state index in [0.717, 1.165) is 9.39 Å². The normalized spacial score (nSPS) is 10.9. The fraction of sp³-hybridized carbons (Fsp3) is 0.125. The van der Waals surface area contributed by atoms with E-state index >= 15 is 0 Å². The summed E-state index contributed by atoms with van der Waals surface area (Å²) < 4.78 is 15.6. The topological polar surface area (TPSA) is 17.3 Å². The van der Waals surface area contributed by atoms with Gasteiger partial charge in [-0.05, 0) is 35.6 Å². The van der Waals surface area contributed by atoms with E-state index in [9.17, 15) is 4.39 Å². The van der Waals surface area contributed by atoms with Gasteiger partial charge in [-0.25, -0.2) is 9.37 Å². The van der Waals surface area contributed by atoms with Crippen molar-refractivity contribution in [2.24, 2.45) is 0 Å². The predicted octanol–water partition coefficient (Wildman–Crippen LogP) is 2.39. The largest absolute Gasteiger partial charge is 0.295 e. The first-order chi connectivity index (χ1) is 5.68. The summed E-state index contributed by atoms with van der Waals surface area (Å²) in [6.45, 7) is 1.91. The molecule has 2 nitrogen and oxygen atoms in total. The van der Waals surface area contributed by atoms with Crippen molar-refractivity contribution in [2.75, 3.05) is 0 Å². The van der Waals surface area contributed by atoms with Crippen molar-refractivity contribution >= 4 is 28.2 Å². The van der Waals surface area contributed by atoms with Gasteiger partial charge in [0.2, 0.25) is 0 Å². The van der Waals surface area contributed by atoms with Crippen LogP contribution in [0.3, 0.4) is 0 Å². The third-order valence-corrected chi connectivity index (χ3v) is 2.99. The Morgan fingerprint density at radius 2 is 2.33 bits per heavy atom. The molecule has 0 aromatic carbocycles. The minimum absolute atomic E-state index is 0.246. The Bertz CT molecular complexity index is 436. The molecule has 0 radical (unpaired) electrons. The number of hydrogen-bond donors (Lipinski definition) is 0. The van der Waals surface area contributed by atoms with E-state index in [1.165, 1.54) is 12.1 Å². The molecule has 12 heavy (non-hydrogen) atoms. The van der Waals surface area contributed by atoms with Crippen LogP contribution in [0.25, 0.3) is 5.65 Å². The quantitative estimate of drug-likeness (QED) is 0.675. The van der Waals surface area contributed by atoms with Gasteiger partial charge in [-0.3, -0.25) is 4.40 Å². The zero-order valence-corrected chi connectivity index (χ0v) is 8.54. The highest BCUT2D eigenvalue weighted by Crippen LogP contribution is 2.14. The van der Waals surface area contributed by atoms with E-state index in [-0.39, 0.29) is 5.82 Å². The number of aromatic nitrogens is 2. The summed E-state index contributed by atoms with van der Waals surface area (Å²) >= 11 is 2.19. The zero-order valence-electron chi connectivity index (χ0n) is 6.38. The highest BCUT2D eigenvalue weighted by Gasteiger charge is 2.04. The molecular weight excluding hydrogens is 270 g/mol. The molecule has 2 aromatic rings. The minimum Gasteiger partial charge on any atom is -0.295 e. The summed E-state index contributed by atoms with van der Waals surface area (Å²) in [6.07, 6.45) is 1.69. The van der Waals surface area contributed by atoms with Crippen LogP contribution >= 0.6 is 22.6 Å². The Hall–Kier alpha value is -0.650. The van der Waals surface area contributed by atoms with Crippen LogP contribution in [0.15, 0.2) is 18.3 Å². The fourth-order valence-electron chi connectivity index (χ4n) is 1.11. The molecule has 2 rings (SSSR count). The Morgan fingerprint density at radius 3 is 3.08 bits per heavy atom. The number of hydrogen-bond acceptors (Lipinski definition) is 1. The van der Waals surface area contributed by atoms with Crippen molar-refractivity contribution < 1.29 is 4.39 Å². The molecule has 4 heteroatoms. The van der Waals surface area contributed by atoms with Crippen molar-refractivity contribution in [2.45, 2.75) is 6.92 Å². The first-order valence-corrected chi connectivity index (χ1v) is 4.56. The molecule has 0 fully saturated rings. The summed E-state index contributed by atoms with van der Waals surface area (Å²) in [5.74, 6) is -0.246. The van der Waals surface area contributed by atoms with Crippen LogP contribution in [0.4, 0.5) is 4.39 Å². The van der Waals surface area contributed by atoms with Gasteiger partial charge >= 0.3 is 0 Å². The Labute approximate surface area is 82.6 Å². The van der Waals surface area contributed by atoms with Crippen LogP contribution in [0.1, 0.15) is 5.69 Å². The van der Waals surface area contributed by atoms with Gasteiger partial charge in [0.05, 0.1) is 5.69 Å². The Morgan fingerprint density at radius 1 is 1.58 bits per heavy atom. The van der Waals surface area contributed by atoms with Crippen LogP contribution in [0.2, 0.25) is 0 Å². The molecule has 0 aliphatic rings. The molecule has 0 aliphatic carbocycles. The van der Waals surface area contributed by atoms with Gasteiger partial charge in [0.1, 0.15) is 15.2 Å². The zero-order chi connectivity index (χ0) is 8.72. The number of imidazole rings is 1. The standard InChI is InChI=1S/C8H6FIN2/c1-5-8(10)12-3-2-6(9)4-7(12)11-5/h2-4H,1H3. The van der Waals surface area contributed by atoms with Crippen LogP contribution < -0.4 is 0 Å². The van der Waals surface area contributed by atoms with Crippen LogP contribution in [-0.2, 0) is 0 Å². The number of rotatable bonds is 0.